The summed E-state index contributed by atoms with van der Waals surface area (Å²) in [6.07, 6.45) is 8.06. The fourth-order valence-electron chi connectivity index (χ4n) is 3.52. The smallest absolute Gasteiger partial charge is 0.274 e. The second-order valence-corrected chi connectivity index (χ2v) is 9.96. The maximum absolute atomic E-state index is 12.4. The number of sulfonamides is 1. The van der Waals surface area contributed by atoms with Crippen LogP contribution in [0, 0.1) is 0 Å². The molecule has 0 saturated heterocycles. The Morgan fingerprint density at radius 1 is 1.13 bits per heavy atom. The van der Waals surface area contributed by atoms with Gasteiger partial charge in [0.1, 0.15) is 11.4 Å². The molecule has 0 fully saturated rings. The van der Waals surface area contributed by atoms with E-state index in [1.54, 1.807) is 18.3 Å². The second kappa shape index (κ2) is 7.70. The number of aromatic amines is 1. The number of nitrogens with zero attached hydrogens (tertiary/aromatic N) is 1. The molecule has 2 aromatic carbocycles. The zero-order valence-electron chi connectivity index (χ0n) is 17.5. The molecule has 3 aromatic rings. The fourth-order valence-corrected chi connectivity index (χ4v) is 4.09. The lowest BCUT2D eigenvalue weighted by Crippen LogP contribution is -2.18. The molecule has 0 spiro atoms. The van der Waals surface area contributed by atoms with Crippen LogP contribution in [0.5, 0.6) is 5.75 Å². The quantitative estimate of drug-likeness (QED) is 0.594. The zero-order valence-corrected chi connectivity index (χ0v) is 18.3. The van der Waals surface area contributed by atoms with Gasteiger partial charge in [-0.2, -0.15) is 0 Å². The molecule has 0 bridgehead atoms. The molecule has 7 nitrogen and oxygen atoms in total. The van der Waals surface area contributed by atoms with E-state index in [2.05, 4.69) is 34.6 Å². The molecule has 2 N–H and O–H groups in total. The summed E-state index contributed by atoms with van der Waals surface area (Å²) >= 11 is 0. The van der Waals surface area contributed by atoms with E-state index in [1.807, 2.05) is 30.4 Å². The summed E-state index contributed by atoms with van der Waals surface area (Å²) in [6.45, 7) is 4.74. The topological polar surface area (TPSA) is 101 Å². The van der Waals surface area contributed by atoms with Gasteiger partial charge in [0.15, 0.2) is 0 Å². The number of ether oxygens (including phenoxy) is 1. The number of benzene rings is 2. The first-order valence-corrected chi connectivity index (χ1v) is 11.6. The Bertz CT molecular complexity index is 1320. The van der Waals surface area contributed by atoms with Crippen LogP contribution in [-0.4, -0.2) is 31.2 Å². The number of aromatic nitrogens is 2. The summed E-state index contributed by atoms with van der Waals surface area (Å²) in [5, 5.41) is 0. The third-order valence-corrected chi connectivity index (χ3v) is 5.67. The standard InChI is InChI=1S/C23H23N3O4S/c1-23(2)14-30-21-18(20-22(27)25-11-10-24-20)12-16(13-19(21)23)5-4-15-6-8-17(9-7-15)26-31(3,28)29/h4-13,26H,14H2,1-3H3,(H,25,27). The fraction of sp³-hybridized carbons (Fsp3) is 0.217. The lowest BCUT2D eigenvalue weighted by Gasteiger charge is -2.16. The highest BCUT2D eigenvalue weighted by molar-refractivity contribution is 7.92. The maximum Gasteiger partial charge on any atom is 0.274 e. The van der Waals surface area contributed by atoms with Gasteiger partial charge in [0.25, 0.3) is 5.56 Å². The van der Waals surface area contributed by atoms with Crippen LogP contribution in [0.25, 0.3) is 23.4 Å². The lowest BCUT2D eigenvalue weighted by molar-refractivity contribution is 0.291. The van der Waals surface area contributed by atoms with Gasteiger partial charge in [-0.1, -0.05) is 38.1 Å². The molecule has 4 rings (SSSR count). The van der Waals surface area contributed by atoms with Crippen molar-refractivity contribution in [2.75, 3.05) is 17.6 Å². The molecular formula is C23H23N3O4S. The number of rotatable bonds is 5. The average Bonchev–Trinajstić information content (AvgIpc) is 3.01. The van der Waals surface area contributed by atoms with Crippen molar-refractivity contribution >= 4 is 27.9 Å². The summed E-state index contributed by atoms with van der Waals surface area (Å²) in [4.78, 5) is 19.3. The van der Waals surface area contributed by atoms with Crippen LogP contribution in [0.3, 0.4) is 0 Å². The van der Waals surface area contributed by atoms with Gasteiger partial charge in [-0.25, -0.2) is 13.4 Å². The monoisotopic (exact) mass is 437 g/mol. The molecule has 0 radical (unpaired) electrons. The van der Waals surface area contributed by atoms with Crippen LogP contribution in [0.2, 0.25) is 0 Å². The molecular weight excluding hydrogens is 414 g/mol. The first-order chi connectivity index (χ1) is 14.6. The Kier molecular flexibility index (Phi) is 5.18. The largest absolute Gasteiger partial charge is 0.492 e. The van der Waals surface area contributed by atoms with Crippen molar-refractivity contribution in [2.24, 2.45) is 0 Å². The summed E-state index contributed by atoms with van der Waals surface area (Å²) in [6, 6.07) is 11.0. The van der Waals surface area contributed by atoms with E-state index in [9.17, 15) is 13.2 Å². The molecule has 0 amide bonds. The summed E-state index contributed by atoms with van der Waals surface area (Å²) in [5.74, 6) is 0.697. The normalized spacial score (nSPS) is 14.9. The Labute approximate surface area is 180 Å². The van der Waals surface area contributed by atoms with Gasteiger partial charge in [0.05, 0.1) is 12.9 Å². The van der Waals surface area contributed by atoms with Gasteiger partial charge in [-0.15, -0.1) is 0 Å². The molecule has 31 heavy (non-hydrogen) atoms. The van der Waals surface area contributed by atoms with Crippen LogP contribution >= 0.6 is 0 Å². The van der Waals surface area contributed by atoms with Crippen molar-refractivity contribution in [1.82, 2.24) is 9.97 Å². The SMILES string of the molecule is CC1(C)COc2c(-c3ncc[nH]c3=O)cc(C=Cc3ccc(NS(C)(=O)=O)cc3)cc21. The van der Waals surface area contributed by atoms with Crippen LogP contribution < -0.4 is 15.0 Å². The number of anilines is 1. The van der Waals surface area contributed by atoms with E-state index >= 15 is 0 Å². The van der Waals surface area contributed by atoms with Crippen molar-refractivity contribution in [1.29, 1.82) is 0 Å². The maximum atomic E-state index is 12.4. The van der Waals surface area contributed by atoms with Crippen LogP contribution in [-0.2, 0) is 15.4 Å². The van der Waals surface area contributed by atoms with Crippen molar-refractivity contribution in [2.45, 2.75) is 19.3 Å². The third-order valence-electron chi connectivity index (χ3n) is 5.06. The summed E-state index contributed by atoms with van der Waals surface area (Å²) in [7, 11) is -3.31. The van der Waals surface area contributed by atoms with Gasteiger partial charge in [0, 0.05) is 34.6 Å². The van der Waals surface area contributed by atoms with Crippen molar-refractivity contribution in [3.05, 3.63) is 75.8 Å². The highest BCUT2D eigenvalue weighted by Crippen LogP contribution is 2.44. The zero-order chi connectivity index (χ0) is 22.2. The highest BCUT2D eigenvalue weighted by atomic mass is 32.2. The Hall–Kier alpha value is -3.39. The van der Waals surface area contributed by atoms with Crippen LogP contribution in [0.15, 0.2) is 53.6 Å². The van der Waals surface area contributed by atoms with Crippen LogP contribution in [0.4, 0.5) is 5.69 Å². The minimum Gasteiger partial charge on any atom is -0.492 e. The van der Waals surface area contributed by atoms with Crippen LogP contribution in [0.1, 0.15) is 30.5 Å². The van der Waals surface area contributed by atoms with Crippen molar-refractivity contribution in [3.63, 3.8) is 0 Å². The molecule has 1 aliphatic rings. The number of hydrogen-bond donors (Lipinski definition) is 2. The number of H-pyrrole nitrogens is 1. The molecule has 8 heteroatoms. The molecule has 0 atom stereocenters. The van der Waals surface area contributed by atoms with Gasteiger partial charge < -0.3 is 9.72 Å². The van der Waals surface area contributed by atoms with Gasteiger partial charge in [-0.05, 0) is 35.4 Å². The number of fused-ring (bicyclic) bond motifs is 1. The van der Waals surface area contributed by atoms with Gasteiger partial charge >= 0.3 is 0 Å². The second-order valence-electron chi connectivity index (χ2n) is 8.21. The third kappa shape index (κ3) is 4.54. The van der Waals surface area contributed by atoms with Gasteiger partial charge in [-0.3, -0.25) is 9.52 Å². The van der Waals surface area contributed by atoms with Crippen molar-refractivity contribution in [3.8, 4) is 17.0 Å². The lowest BCUT2D eigenvalue weighted by atomic mass is 9.84. The average molecular weight is 438 g/mol. The van der Waals surface area contributed by atoms with E-state index < -0.39 is 10.0 Å². The highest BCUT2D eigenvalue weighted by Gasteiger charge is 2.34. The molecule has 0 unspecified atom stereocenters. The van der Waals surface area contributed by atoms with Gasteiger partial charge in [0.2, 0.25) is 10.0 Å². The first-order valence-electron chi connectivity index (χ1n) is 9.74. The van der Waals surface area contributed by atoms with E-state index in [4.69, 9.17) is 4.74 Å². The minimum absolute atomic E-state index is 0.186. The number of nitrogens with one attached hydrogen (secondary N) is 2. The summed E-state index contributed by atoms with van der Waals surface area (Å²) < 4.78 is 31.1. The molecule has 1 aromatic heterocycles. The van der Waals surface area contributed by atoms with E-state index in [0.717, 1.165) is 22.9 Å². The minimum atomic E-state index is -3.31. The molecule has 0 saturated carbocycles. The number of hydrogen-bond acceptors (Lipinski definition) is 5. The van der Waals surface area contributed by atoms with Crippen molar-refractivity contribution < 1.29 is 13.2 Å². The predicted molar refractivity (Wildman–Crippen MR) is 123 cm³/mol. The Morgan fingerprint density at radius 3 is 2.52 bits per heavy atom. The predicted octanol–water partition coefficient (Wildman–Crippen LogP) is 3.65. The Balaban J connectivity index is 1.72. The molecule has 2 heterocycles. The molecule has 1 aliphatic heterocycles. The van der Waals surface area contributed by atoms with E-state index in [-0.39, 0.29) is 11.0 Å². The van der Waals surface area contributed by atoms with E-state index in [0.29, 0.717) is 29.3 Å². The molecule has 160 valence electrons. The van der Waals surface area contributed by atoms with E-state index in [1.165, 1.54) is 6.20 Å². The molecule has 0 aliphatic carbocycles. The summed E-state index contributed by atoms with van der Waals surface area (Å²) in [5.41, 5.74) is 3.89. The first kappa shape index (κ1) is 20.9. The Morgan fingerprint density at radius 2 is 1.84 bits per heavy atom.